The lowest BCUT2D eigenvalue weighted by molar-refractivity contribution is 0.0550. The molecule has 2 heterocycles. The van der Waals surface area contributed by atoms with Gasteiger partial charge in [0.25, 0.3) is 5.91 Å². The second-order valence-corrected chi connectivity index (χ2v) is 4.61. The van der Waals surface area contributed by atoms with Crippen molar-refractivity contribution < 1.29 is 4.79 Å². The summed E-state index contributed by atoms with van der Waals surface area (Å²) in [5, 5.41) is 1.72. The van der Waals surface area contributed by atoms with Gasteiger partial charge in [-0.1, -0.05) is 13.8 Å². The Balaban J connectivity index is 2.10. The minimum Gasteiger partial charge on any atom is -0.301 e. The highest BCUT2D eigenvalue weighted by Crippen LogP contribution is 2.15. The molecule has 6 nitrogen and oxygen atoms in total. The van der Waals surface area contributed by atoms with Gasteiger partial charge in [-0.2, -0.15) is 0 Å². The van der Waals surface area contributed by atoms with Crippen LogP contribution in [0, 0.1) is 0 Å². The number of likely N-dealkylation sites (N-methyl/N-ethyl adjacent to an activating group) is 1. The Morgan fingerprint density at radius 1 is 1.53 bits per heavy atom. The molecule has 0 bridgehead atoms. The number of rotatable bonds is 5. The van der Waals surface area contributed by atoms with Gasteiger partial charge < -0.3 is 4.90 Å². The predicted octanol–water partition coefficient (Wildman–Crippen LogP) is 0.537. The molecule has 1 aliphatic heterocycles. The van der Waals surface area contributed by atoms with Crippen molar-refractivity contribution in [2.75, 3.05) is 26.2 Å². The third-order valence-corrected chi connectivity index (χ3v) is 3.39. The number of hydrazine groups is 1. The summed E-state index contributed by atoms with van der Waals surface area (Å²) in [4.78, 5) is 22.8. The number of nitrogens with zero attached hydrogens (tertiary/aromatic N) is 4. The van der Waals surface area contributed by atoms with E-state index < -0.39 is 0 Å². The largest absolute Gasteiger partial charge is 0.301 e. The maximum atomic E-state index is 12.5. The highest BCUT2D eigenvalue weighted by molar-refractivity contribution is 5.91. The van der Waals surface area contributed by atoms with Gasteiger partial charge in [-0.15, -0.1) is 0 Å². The first-order chi connectivity index (χ1) is 9.26. The molecule has 0 radical (unpaired) electrons. The first-order valence-corrected chi connectivity index (χ1v) is 6.81. The molecule has 104 valence electrons. The van der Waals surface area contributed by atoms with Crippen LogP contribution < -0.4 is 5.43 Å². The van der Waals surface area contributed by atoms with Crippen LogP contribution in [0.4, 0.5) is 0 Å². The minimum atomic E-state index is -0.0992. The lowest BCUT2D eigenvalue weighted by atomic mass is 10.2. The molecule has 1 aliphatic rings. The van der Waals surface area contributed by atoms with Gasteiger partial charge in [-0.3, -0.25) is 14.8 Å². The molecule has 1 atom stereocenters. The van der Waals surface area contributed by atoms with Crippen molar-refractivity contribution in [1.82, 2.24) is 25.3 Å². The van der Waals surface area contributed by atoms with Crippen LogP contribution in [0.25, 0.3) is 0 Å². The number of hydrogen-bond acceptors (Lipinski definition) is 5. The summed E-state index contributed by atoms with van der Waals surface area (Å²) in [6.07, 6.45) is 5.62. The zero-order valence-corrected chi connectivity index (χ0v) is 11.5. The fourth-order valence-electron chi connectivity index (χ4n) is 2.38. The lowest BCUT2D eigenvalue weighted by Crippen LogP contribution is -2.50. The van der Waals surface area contributed by atoms with Crippen molar-refractivity contribution in [2.24, 2.45) is 0 Å². The summed E-state index contributed by atoms with van der Waals surface area (Å²) in [7, 11) is 0. The van der Waals surface area contributed by atoms with E-state index in [4.69, 9.17) is 0 Å². The maximum absolute atomic E-state index is 12.5. The molecular formula is C13H21N5O. The van der Waals surface area contributed by atoms with Crippen molar-refractivity contribution in [3.63, 3.8) is 0 Å². The molecule has 1 amide bonds. The molecule has 0 unspecified atom stereocenters. The lowest BCUT2D eigenvalue weighted by Gasteiger charge is -2.28. The number of hydrogen-bond donors (Lipinski definition) is 1. The number of nitrogens with one attached hydrogen (secondary N) is 1. The van der Waals surface area contributed by atoms with Crippen molar-refractivity contribution in [1.29, 1.82) is 0 Å². The van der Waals surface area contributed by atoms with Crippen LogP contribution in [-0.2, 0) is 0 Å². The number of amides is 1. The van der Waals surface area contributed by atoms with Crippen LogP contribution in [0.15, 0.2) is 18.6 Å². The fraction of sp³-hybridized carbons (Fsp3) is 0.615. The van der Waals surface area contributed by atoms with Gasteiger partial charge in [-0.25, -0.2) is 10.4 Å². The normalized spacial score (nSPS) is 19.6. The molecule has 0 spiro atoms. The average Bonchev–Trinajstić information content (AvgIpc) is 2.93. The standard InChI is InChI=1S/C13H21N5O/c1-3-16-18(11-5-8-17(4-2)10-11)13(19)12-9-14-6-7-15-12/h6-7,9,11,16H,3-5,8,10H2,1-2H3/t11-/m0/s1. The molecule has 2 rings (SSSR count). The molecule has 1 aromatic heterocycles. The average molecular weight is 263 g/mol. The molecule has 0 aromatic carbocycles. The molecule has 1 aromatic rings. The summed E-state index contributed by atoms with van der Waals surface area (Å²) >= 11 is 0. The first-order valence-electron chi connectivity index (χ1n) is 6.81. The van der Waals surface area contributed by atoms with E-state index in [1.807, 2.05) is 6.92 Å². The van der Waals surface area contributed by atoms with Crippen molar-refractivity contribution in [2.45, 2.75) is 26.3 Å². The Hall–Kier alpha value is -1.53. The van der Waals surface area contributed by atoms with Gasteiger partial charge in [0.15, 0.2) is 0 Å². The second-order valence-electron chi connectivity index (χ2n) is 4.61. The van der Waals surface area contributed by atoms with Crippen molar-refractivity contribution in [3.05, 3.63) is 24.3 Å². The monoisotopic (exact) mass is 263 g/mol. The third-order valence-electron chi connectivity index (χ3n) is 3.39. The topological polar surface area (TPSA) is 61.4 Å². The van der Waals surface area contributed by atoms with E-state index in [0.29, 0.717) is 12.2 Å². The molecule has 6 heteroatoms. The Morgan fingerprint density at radius 3 is 2.95 bits per heavy atom. The van der Waals surface area contributed by atoms with Crippen LogP contribution in [-0.4, -0.2) is 58.0 Å². The van der Waals surface area contributed by atoms with Crippen LogP contribution in [0.1, 0.15) is 30.8 Å². The van der Waals surface area contributed by atoms with Gasteiger partial charge in [0.1, 0.15) is 5.69 Å². The highest BCUT2D eigenvalue weighted by atomic mass is 16.2. The third kappa shape index (κ3) is 3.27. The van der Waals surface area contributed by atoms with E-state index in [0.717, 1.165) is 26.1 Å². The molecule has 0 aliphatic carbocycles. The Bertz CT molecular complexity index is 411. The van der Waals surface area contributed by atoms with Crippen LogP contribution in [0.5, 0.6) is 0 Å². The molecule has 1 saturated heterocycles. The number of likely N-dealkylation sites (tertiary alicyclic amines) is 1. The second kappa shape index (κ2) is 6.58. The van der Waals surface area contributed by atoms with Gasteiger partial charge in [-0.05, 0) is 13.0 Å². The van der Waals surface area contributed by atoms with Crippen LogP contribution in [0.3, 0.4) is 0 Å². The summed E-state index contributed by atoms with van der Waals surface area (Å²) < 4.78 is 0. The van der Waals surface area contributed by atoms with E-state index in [1.54, 1.807) is 17.4 Å². The molecule has 1 fully saturated rings. The number of carbonyl (C=O) groups excluding carboxylic acids is 1. The summed E-state index contributed by atoms with van der Waals surface area (Å²) in [5.74, 6) is -0.0992. The maximum Gasteiger partial charge on any atom is 0.288 e. The SMILES string of the molecule is CCNN(C(=O)c1cnccn1)[C@H]1CCN(CC)C1. The van der Waals surface area contributed by atoms with Gasteiger partial charge in [0.2, 0.25) is 0 Å². The molecule has 19 heavy (non-hydrogen) atoms. The van der Waals surface area contributed by atoms with Crippen LogP contribution in [0.2, 0.25) is 0 Å². The zero-order valence-electron chi connectivity index (χ0n) is 11.5. The van der Waals surface area contributed by atoms with Gasteiger partial charge >= 0.3 is 0 Å². The Kier molecular flexibility index (Phi) is 4.81. The first kappa shape index (κ1) is 13.9. The summed E-state index contributed by atoms with van der Waals surface area (Å²) in [5.41, 5.74) is 3.54. The number of aromatic nitrogens is 2. The van der Waals surface area contributed by atoms with E-state index in [1.165, 1.54) is 6.20 Å². The molecule has 0 saturated carbocycles. The van der Waals surface area contributed by atoms with E-state index in [9.17, 15) is 4.79 Å². The van der Waals surface area contributed by atoms with E-state index in [2.05, 4.69) is 27.2 Å². The Morgan fingerprint density at radius 2 is 2.37 bits per heavy atom. The highest BCUT2D eigenvalue weighted by Gasteiger charge is 2.30. The number of carbonyl (C=O) groups is 1. The smallest absolute Gasteiger partial charge is 0.288 e. The van der Waals surface area contributed by atoms with E-state index in [-0.39, 0.29) is 11.9 Å². The van der Waals surface area contributed by atoms with E-state index >= 15 is 0 Å². The predicted molar refractivity (Wildman–Crippen MR) is 72.4 cm³/mol. The van der Waals surface area contributed by atoms with Crippen molar-refractivity contribution >= 4 is 5.91 Å². The summed E-state index contributed by atoms with van der Waals surface area (Å²) in [6, 6.07) is 0.203. The zero-order chi connectivity index (χ0) is 13.7. The van der Waals surface area contributed by atoms with Gasteiger partial charge in [0, 0.05) is 32.0 Å². The molecular weight excluding hydrogens is 242 g/mol. The fourth-order valence-corrected chi connectivity index (χ4v) is 2.38. The Labute approximate surface area is 113 Å². The van der Waals surface area contributed by atoms with Crippen LogP contribution >= 0.6 is 0 Å². The quantitative estimate of drug-likeness (QED) is 0.786. The van der Waals surface area contributed by atoms with Gasteiger partial charge in [0.05, 0.1) is 12.2 Å². The summed E-state index contributed by atoms with van der Waals surface area (Å²) in [6.45, 7) is 7.82. The van der Waals surface area contributed by atoms with Crippen molar-refractivity contribution in [3.8, 4) is 0 Å². The minimum absolute atomic E-state index is 0.0992. The molecule has 1 N–H and O–H groups in total.